The molecule has 0 unspecified atom stereocenters. The quantitative estimate of drug-likeness (QED) is 0.654. The Morgan fingerprint density at radius 3 is 2.23 bits per heavy atom. The Balaban J connectivity index is 1.69. The Morgan fingerprint density at radius 1 is 1.03 bits per heavy atom. The van der Waals surface area contributed by atoms with Crippen LogP contribution in [0.4, 0.5) is 0 Å². The number of fused-ring (bicyclic) bond motifs is 1. The summed E-state index contributed by atoms with van der Waals surface area (Å²) < 4.78 is 12.1. The van der Waals surface area contributed by atoms with E-state index in [1.54, 1.807) is 25.4 Å². The summed E-state index contributed by atoms with van der Waals surface area (Å²) >= 11 is 0. The van der Waals surface area contributed by atoms with Crippen LogP contribution in [-0.4, -0.2) is 80.3 Å². The predicted molar refractivity (Wildman–Crippen MR) is 118 cm³/mol. The molecule has 2 aromatic rings. The molecule has 1 fully saturated rings. The third kappa shape index (κ3) is 4.76. The molecule has 164 valence electrons. The lowest BCUT2D eigenvalue weighted by Gasteiger charge is -2.33. The number of amides is 1. The Kier molecular flexibility index (Phi) is 7.33. The van der Waals surface area contributed by atoms with E-state index in [0.29, 0.717) is 34.4 Å². The number of nitrogens with one attached hydrogen (secondary N) is 1. The van der Waals surface area contributed by atoms with Gasteiger partial charge < -0.3 is 29.2 Å². The average molecular weight is 417 g/mol. The van der Waals surface area contributed by atoms with Crippen LogP contribution in [0.25, 0.3) is 10.8 Å². The maximum atomic E-state index is 12.9. The van der Waals surface area contributed by atoms with Gasteiger partial charge in [-0.1, -0.05) is 6.92 Å². The average Bonchev–Trinajstić information content (AvgIpc) is 2.78. The van der Waals surface area contributed by atoms with Crippen molar-refractivity contribution in [1.29, 1.82) is 0 Å². The van der Waals surface area contributed by atoms with Crippen molar-refractivity contribution < 1.29 is 14.3 Å². The third-order valence-electron chi connectivity index (χ3n) is 5.78. The molecule has 0 saturated carbocycles. The minimum atomic E-state index is -0.196. The minimum Gasteiger partial charge on any atom is -0.493 e. The van der Waals surface area contributed by atoms with E-state index in [1.807, 2.05) is 0 Å². The smallest absolute Gasteiger partial charge is 0.258 e. The van der Waals surface area contributed by atoms with Gasteiger partial charge >= 0.3 is 0 Å². The van der Waals surface area contributed by atoms with Crippen LogP contribution in [0, 0.1) is 0 Å². The summed E-state index contributed by atoms with van der Waals surface area (Å²) in [5, 5.41) is 3.99. The van der Waals surface area contributed by atoms with Gasteiger partial charge in [0.2, 0.25) is 0 Å². The summed E-state index contributed by atoms with van der Waals surface area (Å²) in [6.07, 6.45) is 2.47. The lowest BCUT2D eigenvalue weighted by Crippen LogP contribution is -2.46. The Morgan fingerprint density at radius 2 is 1.63 bits per heavy atom. The second-order valence-corrected chi connectivity index (χ2v) is 7.60. The summed E-state index contributed by atoms with van der Waals surface area (Å²) in [4.78, 5) is 30.4. The van der Waals surface area contributed by atoms with E-state index in [4.69, 9.17) is 9.47 Å². The van der Waals surface area contributed by atoms with Gasteiger partial charge in [-0.05, 0) is 31.6 Å². The highest BCUT2D eigenvalue weighted by Gasteiger charge is 2.18. The SMILES string of the molecule is CCN1CCN(CCCNC(=O)c2cn(C)c(=O)c3cc(OC)c(OC)cc23)CC1. The molecule has 1 saturated heterocycles. The van der Waals surface area contributed by atoms with Crippen LogP contribution in [0.2, 0.25) is 0 Å². The highest BCUT2D eigenvalue weighted by Crippen LogP contribution is 2.32. The second-order valence-electron chi connectivity index (χ2n) is 7.60. The van der Waals surface area contributed by atoms with Crippen LogP contribution in [0.3, 0.4) is 0 Å². The minimum absolute atomic E-state index is 0.186. The molecule has 3 rings (SSSR count). The Hall–Kier alpha value is -2.58. The van der Waals surface area contributed by atoms with Gasteiger partial charge in [-0.15, -0.1) is 0 Å². The molecule has 1 aliphatic rings. The maximum Gasteiger partial charge on any atom is 0.258 e. The second kappa shape index (κ2) is 9.95. The van der Waals surface area contributed by atoms with Gasteiger partial charge in [0, 0.05) is 51.4 Å². The van der Waals surface area contributed by atoms with Gasteiger partial charge in [0.25, 0.3) is 11.5 Å². The molecule has 0 bridgehead atoms. The van der Waals surface area contributed by atoms with E-state index in [0.717, 1.165) is 45.7 Å². The van der Waals surface area contributed by atoms with Crippen molar-refractivity contribution in [2.75, 3.05) is 60.0 Å². The summed E-state index contributed by atoms with van der Waals surface area (Å²) in [5.41, 5.74) is 0.262. The number of pyridine rings is 1. The number of piperazine rings is 1. The highest BCUT2D eigenvalue weighted by atomic mass is 16.5. The zero-order valence-electron chi connectivity index (χ0n) is 18.4. The molecule has 0 atom stereocenters. The summed E-state index contributed by atoms with van der Waals surface area (Å²) in [6.45, 7) is 9.23. The molecule has 1 N–H and O–H groups in total. The fourth-order valence-corrected chi connectivity index (χ4v) is 3.90. The van der Waals surface area contributed by atoms with Gasteiger partial charge in [-0.3, -0.25) is 9.59 Å². The number of hydrogen-bond acceptors (Lipinski definition) is 6. The molecule has 8 nitrogen and oxygen atoms in total. The van der Waals surface area contributed by atoms with E-state index >= 15 is 0 Å². The molecule has 1 aromatic heterocycles. The van der Waals surface area contributed by atoms with E-state index < -0.39 is 0 Å². The van der Waals surface area contributed by atoms with Gasteiger partial charge in [0.05, 0.1) is 25.2 Å². The summed E-state index contributed by atoms with van der Waals surface area (Å²) in [5.74, 6) is 0.750. The van der Waals surface area contributed by atoms with Crippen LogP contribution in [-0.2, 0) is 7.05 Å². The lowest BCUT2D eigenvalue weighted by molar-refractivity contribution is 0.0949. The number of hydrogen-bond donors (Lipinski definition) is 1. The molecule has 0 aliphatic carbocycles. The van der Waals surface area contributed by atoms with Crippen LogP contribution in [0.15, 0.2) is 23.1 Å². The van der Waals surface area contributed by atoms with Crippen LogP contribution >= 0.6 is 0 Å². The number of likely N-dealkylation sites (N-methyl/N-ethyl adjacent to an activating group) is 1. The fraction of sp³-hybridized carbons (Fsp3) is 0.545. The monoisotopic (exact) mass is 416 g/mol. The maximum absolute atomic E-state index is 12.9. The summed E-state index contributed by atoms with van der Waals surface area (Å²) in [6, 6.07) is 3.32. The Labute approximate surface area is 177 Å². The zero-order valence-corrected chi connectivity index (χ0v) is 18.4. The van der Waals surface area contributed by atoms with Crippen LogP contribution in [0.1, 0.15) is 23.7 Å². The van der Waals surface area contributed by atoms with Crippen molar-refractivity contribution in [3.8, 4) is 11.5 Å². The first-order valence-corrected chi connectivity index (χ1v) is 10.5. The standard InChI is InChI=1S/C22H32N4O4/c1-5-25-9-11-26(12-10-25)8-6-7-23-21(27)18-15-24(2)22(28)17-14-20(30-4)19(29-3)13-16(17)18/h13-15H,5-12H2,1-4H3,(H,23,27). The van der Waals surface area contributed by atoms with Crippen LogP contribution < -0.4 is 20.3 Å². The first kappa shape index (κ1) is 22.1. The molecule has 0 radical (unpaired) electrons. The molecule has 1 amide bonds. The molecule has 1 aromatic carbocycles. The van der Waals surface area contributed by atoms with Crippen molar-refractivity contribution in [3.63, 3.8) is 0 Å². The normalized spacial score (nSPS) is 15.3. The van der Waals surface area contributed by atoms with Crippen molar-refractivity contribution in [2.45, 2.75) is 13.3 Å². The van der Waals surface area contributed by atoms with E-state index in [9.17, 15) is 9.59 Å². The third-order valence-corrected chi connectivity index (χ3v) is 5.78. The van der Waals surface area contributed by atoms with Gasteiger partial charge in [0.15, 0.2) is 11.5 Å². The molecule has 8 heteroatoms. The van der Waals surface area contributed by atoms with E-state index in [2.05, 4.69) is 22.0 Å². The van der Waals surface area contributed by atoms with Crippen molar-refractivity contribution in [1.82, 2.24) is 19.7 Å². The molecule has 0 spiro atoms. The van der Waals surface area contributed by atoms with Gasteiger partial charge in [-0.25, -0.2) is 0 Å². The fourth-order valence-electron chi connectivity index (χ4n) is 3.90. The predicted octanol–water partition coefficient (Wildman–Crippen LogP) is 1.31. The number of benzene rings is 1. The first-order valence-electron chi connectivity index (χ1n) is 10.5. The molecular formula is C22H32N4O4. The van der Waals surface area contributed by atoms with Crippen LogP contribution in [0.5, 0.6) is 11.5 Å². The number of aryl methyl sites for hydroxylation is 1. The largest absolute Gasteiger partial charge is 0.493 e. The van der Waals surface area contributed by atoms with Crippen molar-refractivity contribution in [3.05, 3.63) is 34.2 Å². The Bertz CT molecular complexity index is 948. The molecular weight excluding hydrogens is 384 g/mol. The molecule has 1 aliphatic heterocycles. The van der Waals surface area contributed by atoms with E-state index in [1.165, 1.54) is 18.8 Å². The number of nitrogens with zero attached hydrogens (tertiary/aromatic N) is 3. The molecule has 30 heavy (non-hydrogen) atoms. The number of carbonyl (C=O) groups excluding carboxylic acids is 1. The number of ether oxygens (including phenoxy) is 2. The van der Waals surface area contributed by atoms with Gasteiger partial charge in [0.1, 0.15) is 0 Å². The number of aromatic nitrogens is 1. The highest BCUT2D eigenvalue weighted by molar-refractivity contribution is 6.07. The molecule has 2 heterocycles. The summed E-state index contributed by atoms with van der Waals surface area (Å²) in [7, 11) is 4.70. The topological polar surface area (TPSA) is 76.0 Å². The first-order chi connectivity index (χ1) is 14.5. The lowest BCUT2D eigenvalue weighted by atomic mass is 10.1. The van der Waals surface area contributed by atoms with Gasteiger partial charge in [-0.2, -0.15) is 0 Å². The number of methoxy groups -OCH3 is 2. The number of rotatable bonds is 8. The van der Waals surface area contributed by atoms with E-state index in [-0.39, 0.29) is 11.5 Å². The number of carbonyl (C=O) groups is 1. The van der Waals surface area contributed by atoms with Crippen molar-refractivity contribution >= 4 is 16.7 Å². The van der Waals surface area contributed by atoms with Crippen molar-refractivity contribution in [2.24, 2.45) is 7.05 Å². The zero-order chi connectivity index (χ0) is 21.7.